The van der Waals surface area contributed by atoms with E-state index in [1.54, 1.807) is 17.6 Å². The molecule has 2 aromatic rings. The molecule has 1 aromatic heterocycles. The Balaban J connectivity index is 2.09. The Kier molecular flexibility index (Phi) is 4.52. The minimum atomic E-state index is 0.564. The van der Waals surface area contributed by atoms with E-state index in [-0.39, 0.29) is 0 Å². The van der Waals surface area contributed by atoms with Crippen LogP contribution >= 0.6 is 11.3 Å². The molecule has 0 bridgehead atoms. The number of rotatable bonds is 5. The molecule has 0 fully saturated rings. The summed E-state index contributed by atoms with van der Waals surface area (Å²) in [5, 5.41) is 9.93. The van der Waals surface area contributed by atoms with Gasteiger partial charge in [-0.2, -0.15) is 0 Å². The summed E-state index contributed by atoms with van der Waals surface area (Å²) in [5.74, 6) is 0. The normalized spacial score (nSPS) is 10.9. The second-order valence-electron chi connectivity index (χ2n) is 4.10. The van der Waals surface area contributed by atoms with Gasteiger partial charge < -0.3 is 10.2 Å². The zero-order chi connectivity index (χ0) is 13.7. The van der Waals surface area contributed by atoms with Crippen LogP contribution in [0.4, 0.5) is 10.8 Å². The number of aromatic nitrogens is 1. The van der Waals surface area contributed by atoms with Gasteiger partial charge in [0.15, 0.2) is 5.13 Å². The van der Waals surface area contributed by atoms with Gasteiger partial charge in [-0.15, -0.1) is 11.3 Å². The van der Waals surface area contributed by atoms with E-state index in [1.165, 1.54) is 11.1 Å². The molecule has 1 aromatic carbocycles. The van der Waals surface area contributed by atoms with E-state index >= 15 is 0 Å². The molecule has 0 saturated carbocycles. The van der Waals surface area contributed by atoms with Crippen LogP contribution in [0.2, 0.25) is 0 Å². The van der Waals surface area contributed by atoms with Gasteiger partial charge in [0, 0.05) is 11.1 Å². The highest BCUT2D eigenvalue weighted by molar-refractivity contribution is 7.14. The van der Waals surface area contributed by atoms with Gasteiger partial charge in [0.05, 0.1) is 11.9 Å². The standard InChI is InChI=1S/C14H17N3OS/c1-4-18-15-8-12-9-19-14(16-12)17-13-7-5-6-10(2)11(13)3/h5-9H,4H2,1-3H3,(H,16,17)/b15-8-. The molecule has 0 saturated heterocycles. The van der Waals surface area contributed by atoms with Gasteiger partial charge in [0.25, 0.3) is 0 Å². The molecule has 1 N–H and O–H groups in total. The molecule has 100 valence electrons. The maximum Gasteiger partial charge on any atom is 0.187 e. The van der Waals surface area contributed by atoms with Crippen LogP contribution in [0, 0.1) is 13.8 Å². The quantitative estimate of drug-likeness (QED) is 0.665. The Morgan fingerprint density at radius 2 is 2.26 bits per heavy atom. The lowest BCUT2D eigenvalue weighted by Crippen LogP contribution is -1.94. The fraction of sp³-hybridized carbons (Fsp3) is 0.286. The Labute approximate surface area is 117 Å². The van der Waals surface area contributed by atoms with Crippen molar-refractivity contribution >= 4 is 28.4 Å². The van der Waals surface area contributed by atoms with Gasteiger partial charge >= 0.3 is 0 Å². The van der Waals surface area contributed by atoms with Crippen molar-refractivity contribution in [2.45, 2.75) is 20.8 Å². The van der Waals surface area contributed by atoms with Crippen molar-refractivity contribution in [2.24, 2.45) is 5.16 Å². The first-order valence-corrected chi connectivity index (χ1v) is 7.02. The lowest BCUT2D eigenvalue weighted by Gasteiger charge is -2.08. The molecule has 2 rings (SSSR count). The number of aryl methyl sites for hydroxylation is 1. The van der Waals surface area contributed by atoms with Crippen LogP contribution in [0.25, 0.3) is 0 Å². The van der Waals surface area contributed by atoms with Crippen LogP contribution in [0.3, 0.4) is 0 Å². The van der Waals surface area contributed by atoms with Crippen LogP contribution in [-0.2, 0) is 4.84 Å². The molecule has 4 nitrogen and oxygen atoms in total. The Morgan fingerprint density at radius 1 is 1.42 bits per heavy atom. The number of anilines is 2. The maximum absolute atomic E-state index is 4.91. The third kappa shape index (κ3) is 3.54. The van der Waals surface area contributed by atoms with Crippen LogP contribution in [-0.4, -0.2) is 17.8 Å². The fourth-order valence-electron chi connectivity index (χ4n) is 1.57. The van der Waals surface area contributed by atoms with Crippen molar-refractivity contribution in [3.05, 3.63) is 40.4 Å². The number of hydrogen-bond donors (Lipinski definition) is 1. The molecule has 0 amide bonds. The zero-order valence-electron chi connectivity index (χ0n) is 11.3. The van der Waals surface area contributed by atoms with Crippen molar-refractivity contribution in [1.82, 2.24) is 4.98 Å². The highest BCUT2D eigenvalue weighted by Crippen LogP contribution is 2.24. The van der Waals surface area contributed by atoms with E-state index in [9.17, 15) is 0 Å². The first-order chi connectivity index (χ1) is 9.20. The van der Waals surface area contributed by atoms with Crippen molar-refractivity contribution < 1.29 is 4.84 Å². The molecule has 0 atom stereocenters. The molecule has 5 heteroatoms. The summed E-state index contributed by atoms with van der Waals surface area (Å²) < 4.78 is 0. The smallest absolute Gasteiger partial charge is 0.187 e. The van der Waals surface area contributed by atoms with Crippen molar-refractivity contribution in [2.75, 3.05) is 11.9 Å². The summed E-state index contributed by atoms with van der Waals surface area (Å²) in [7, 11) is 0. The van der Waals surface area contributed by atoms with Crippen molar-refractivity contribution in [1.29, 1.82) is 0 Å². The molecule has 0 radical (unpaired) electrons. The summed E-state index contributed by atoms with van der Waals surface area (Å²) in [4.78, 5) is 9.34. The second kappa shape index (κ2) is 6.33. The van der Waals surface area contributed by atoms with E-state index < -0.39 is 0 Å². The summed E-state index contributed by atoms with van der Waals surface area (Å²) >= 11 is 1.55. The van der Waals surface area contributed by atoms with Crippen molar-refractivity contribution in [3.8, 4) is 0 Å². The first kappa shape index (κ1) is 13.5. The SMILES string of the molecule is CCO/N=C\c1csc(Nc2cccc(C)c2C)n1. The predicted octanol–water partition coefficient (Wildman–Crippen LogP) is 3.87. The zero-order valence-corrected chi connectivity index (χ0v) is 12.1. The van der Waals surface area contributed by atoms with E-state index in [1.807, 2.05) is 18.4 Å². The topological polar surface area (TPSA) is 46.5 Å². The number of nitrogens with one attached hydrogen (secondary N) is 1. The Bertz CT molecular complexity index is 578. The average Bonchev–Trinajstić information content (AvgIpc) is 2.83. The number of thiazole rings is 1. The number of nitrogens with zero attached hydrogens (tertiary/aromatic N) is 2. The minimum Gasteiger partial charge on any atom is -0.396 e. The molecule has 0 aliphatic rings. The van der Waals surface area contributed by atoms with E-state index in [0.717, 1.165) is 16.5 Å². The molecule has 19 heavy (non-hydrogen) atoms. The number of hydrogen-bond acceptors (Lipinski definition) is 5. The van der Waals surface area contributed by atoms with E-state index in [0.29, 0.717) is 6.61 Å². The average molecular weight is 275 g/mol. The Morgan fingerprint density at radius 3 is 3.05 bits per heavy atom. The predicted molar refractivity (Wildman–Crippen MR) is 80.5 cm³/mol. The molecule has 1 heterocycles. The monoisotopic (exact) mass is 275 g/mol. The Hall–Kier alpha value is -1.88. The molecule has 0 spiro atoms. The van der Waals surface area contributed by atoms with Crippen LogP contribution in [0.1, 0.15) is 23.7 Å². The molecule has 0 unspecified atom stereocenters. The molecule has 0 aliphatic heterocycles. The van der Waals surface area contributed by atoms with Gasteiger partial charge in [-0.3, -0.25) is 0 Å². The van der Waals surface area contributed by atoms with E-state index in [2.05, 4.69) is 41.4 Å². The van der Waals surface area contributed by atoms with Gasteiger partial charge in [0.2, 0.25) is 0 Å². The highest BCUT2D eigenvalue weighted by Gasteiger charge is 2.04. The lowest BCUT2D eigenvalue weighted by atomic mass is 10.1. The van der Waals surface area contributed by atoms with Crippen LogP contribution in [0.15, 0.2) is 28.7 Å². The van der Waals surface area contributed by atoms with Gasteiger partial charge in [-0.25, -0.2) is 4.98 Å². The second-order valence-corrected chi connectivity index (χ2v) is 4.96. The minimum absolute atomic E-state index is 0.564. The fourth-order valence-corrected chi connectivity index (χ4v) is 2.24. The largest absolute Gasteiger partial charge is 0.396 e. The first-order valence-electron chi connectivity index (χ1n) is 6.14. The summed E-state index contributed by atoms with van der Waals surface area (Å²) in [6.45, 7) is 6.66. The van der Waals surface area contributed by atoms with Crippen LogP contribution in [0.5, 0.6) is 0 Å². The third-order valence-electron chi connectivity index (χ3n) is 2.76. The third-order valence-corrected chi connectivity index (χ3v) is 3.53. The van der Waals surface area contributed by atoms with Gasteiger partial charge in [-0.1, -0.05) is 17.3 Å². The van der Waals surface area contributed by atoms with Crippen LogP contribution < -0.4 is 5.32 Å². The lowest BCUT2D eigenvalue weighted by molar-refractivity contribution is 0.160. The summed E-state index contributed by atoms with van der Waals surface area (Å²) in [5.41, 5.74) is 4.39. The molecular formula is C14H17N3OS. The van der Waals surface area contributed by atoms with Crippen molar-refractivity contribution in [3.63, 3.8) is 0 Å². The number of benzene rings is 1. The van der Waals surface area contributed by atoms with Gasteiger partial charge in [-0.05, 0) is 38.0 Å². The van der Waals surface area contributed by atoms with E-state index in [4.69, 9.17) is 4.84 Å². The van der Waals surface area contributed by atoms with Gasteiger partial charge in [0.1, 0.15) is 6.61 Å². The molecule has 0 aliphatic carbocycles. The molecular weight excluding hydrogens is 258 g/mol. The highest BCUT2D eigenvalue weighted by atomic mass is 32.1. The summed E-state index contributed by atoms with van der Waals surface area (Å²) in [6, 6.07) is 6.19. The maximum atomic E-state index is 4.91. The number of oxime groups is 1. The summed E-state index contributed by atoms with van der Waals surface area (Å²) in [6.07, 6.45) is 1.62.